The van der Waals surface area contributed by atoms with E-state index in [0.717, 1.165) is 50.0 Å². The molecule has 1 saturated heterocycles. The van der Waals surface area contributed by atoms with E-state index in [2.05, 4.69) is 68.9 Å². The van der Waals surface area contributed by atoms with Gasteiger partial charge in [-0.25, -0.2) is 0 Å². The second-order valence-corrected chi connectivity index (χ2v) is 8.82. The number of nitrogens with zero attached hydrogens (tertiary/aromatic N) is 4. The molecule has 0 aliphatic carbocycles. The van der Waals surface area contributed by atoms with Gasteiger partial charge in [0.15, 0.2) is 0 Å². The average Bonchev–Trinajstić information content (AvgIpc) is 3.31. The first-order chi connectivity index (χ1) is 15.7. The van der Waals surface area contributed by atoms with E-state index in [1.165, 1.54) is 37.2 Å². The summed E-state index contributed by atoms with van der Waals surface area (Å²) >= 11 is 0. The lowest BCUT2D eigenvalue weighted by Crippen LogP contribution is -2.41. The quantitative estimate of drug-likeness (QED) is 0.467. The topological polar surface area (TPSA) is 33.5 Å². The molecule has 1 aliphatic heterocycles. The van der Waals surface area contributed by atoms with E-state index in [-0.39, 0.29) is 0 Å². The fourth-order valence-electron chi connectivity index (χ4n) is 4.81. The van der Waals surface area contributed by atoms with Gasteiger partial charge in [0.25, 0.3) is 0 Å². The van der Waals surface area contributed by atoms with Gasteiger partial charge in [-0.15, -0.1) is 0 Å². The van der Waals surface area contributed by atoms with E-state index in [4.69, 9.17) is 4.74 Å². The number of aromatic nitrogens is 2. The third-order valence-corrected chi connectivity index (χ3v) is 6.56. The predicted octanol–water partition coefficient (Wildman–Crippen LogP) is 4.66. The molecule has 1 aliphatic rings. The minimum atomic E-state index is 0.732. The summed E-state index contributed by atoms with van der Waals surface area (Å²) in [5.41, 5.74) is 3.81. The Morgan fingerprint density at radius 1 is 1.16 bits per heavy atom. The monoisotopic (exact) mass is 432 g/mol. The normalized spacial score (nSPS) is 17.0. The Labute approximate surface area is 192 Å². The molecule has 32 heavy (non-hydrogen) atoms. The maximum Gasteiger partial charge on any atom is 0.119 e. The van der Waals surface area contributed by atoms with Crippen molar-refractivity contribution in [2.75, 3.05) is 39.8 Å². The van der Waals surface area contributed by atoms with Crippen molar-refractivity contribution in [3.05, 3.63) is 78.4 Å². The lowest BCUT2D eigenvalue weighted by atomic mass is 9.96. The van der Waals surface area contributed by atoms with Gasteiger partial charge in [-0.05, 0) is 80.2 Å². The van der Waals surface area contributed by atoms with E-state index in [9.17, 15) is 0 Å². The highest BCUT2D eigenvalue weighted by Gasteiger charge is 2.22. The van der Waals surface area contributed by atoms with Gasteiger partial charge >= 0.3 is 0 Å². The molecule has 0 saturated carbocycles. The number of likely N-dealkylation sites (tertiary alicyclic amines) is 1. The molecule has 5 nitrogen and oxygen atoms in total. The first-order valence-corrected chi connectivity index (χ1v) is 11.9. The maximum atomic E-state index is 5.38. The van der Waals surface area contributed by atoms with Crippen LogP contribution in [0.2, 0.25) is 0 Å². The lowest BCUT2D eigenvalue weighted by Gasteiger charge is -2.35. The molecule has 1 aromatic carbocycles. The number of rotatable bonds is 10. The number of ether oxygens (including phenoxy) is 1. The van der Waals surface area contributed by atoms with Gasteiger partial charge in [-0.3, -0.25) is 9.88 Å². The highest BCUT2D eigenvalue weighted by molar-refractivity contribution is 5.32. The first kappa shape index (κ1) is 22.6. The van der Waals surface area contributed by atoms with Crippen LogP contribution >= 0.6 is 0 Å². The van der Waals surface area contributed by atoms with Crippen molar-refractivity contribution in [1.29, 1.82) is 0 Å². The first-order valence-electron chi connectivity index (χ1n) is 11.9. The van der Waals surface area contributed by atoms with Crippen LogP contribution in [0.5, 0.6) is 5.75 Å². The SMILES string of the molecule is CCN(Cc1cccn1-c1cccnc1)C[C@@H]1CCCN(CCc2cccc(OC)c2)C1. The van der Waals surface area contributed by atoms with Crippen LogP contribution in [-0.2, 0) is 13.0 Å². The van der Waals surface area contributed by atoms with Crippen molar-refractivity contribution in [2.45, 2.75) is 32.7 Å². The van der Waals surface area contributed by atoms with Crippen molar-refractivity contribution < 1.29 is 4.74 Å². The number of hydrogen-bond donors (Lipinski definition) is 0. The molecule has 0 spiro atoms. The molecule has 0 unspecified atom stereocenters. The van der Waals surface area contributed by atoms with Crippen LogP contribution in [-0.4, -0.2) is 59.2 Å². The molecule has 5 heteroatoms. The molecule has 1 fully saturated rings. The summed E-state index contributed by atoms with van der Waals surface area (Å²) in [5, 5.41) is 0. The van der Waals surface area contributed by atoms with Crippen molar-refractivity contribution in [1.82, 2.24) is 19.4 Å². The zero-order valence-corrected chi connectivity index (χ0v) is 19.5. The molecular weight excluding hydrogens is 396 g/mol. The highest BCUT2D eigenvalue weighted by atomic mass is 16.5. The third-order valence-electron chi connectivity index (χ3n) is 6.56. The van der Waals surface area contributed by atoms with E-state index < -0.39 is 0 Å². The zero-order chi connectivity index (χ0) is 22.2. The summed E-state index contributed by atoms with van der Waals surface area (Å²) in [6, 6.07) is 17.0. The maximum absolute atomic E-state index is 5.38. The Balaban J connectivity index is 1.31. The molecule has 0 radical (unpaired) electrons. The second kappa shape index (κ2) is 11.3. The fraction of sp³-hybridized carbons (Fsp3) is 0.444. The van der Waals surface area contributed by atoms with E-state index in [1.54, 1.807) is 7.11 Å². The number of methoxy groups -OCH3 is 1. The predicted molar refractivity (Wildman–Crippen MR) is 130 cm³/mol. The molecule has 0 bridgehead atoms. The second-order valence-electron chi connectivity index (χ2n) is 8.82. The Morgan fingerprint density at radius 3 is 2.91 bits per heavy atom. The molecule has 0 N–H and O–H groups in total. The smallest absolute Gasteiger partial charge is 0.119 e. The Kier molecular flexibility index (Phi) is 7.97. The van der Waals surface area contributed by atoms with E-state index in [1.807, 2.05) is 24.5 Å². The Bertz CT molecular complexity index is 955. The van der Waals surface area contributed by atoms with Crippen LogP contribution < -0.4 is 4.74 Å². The van der Waals surface area contributed by atoms with Gasteiger partial charge in [0, 0.05) is 44.3 Å². The molecule has 170 valence electrons. The van der Waals surface area contributed by atoms with Crippen molar-refractivity contribution in [3.8, 4) is 11.4 Å². The number of hydrogen-bond acceptors (Lipinski definition) is 4. The van der Waals surface area contributed by atoms with Gasteiger partial charge in [-0.2, -0.15) is 0 Å². The highest BCUT2D eigenvalue weighted by Crippen LogP contribution is 2.21. The van der Waals surface area contributed by atoms with Gasteiger partial charge < -0.3 is 14.2 Å². The van der Waals surface area contributed by atoms with Gasteiger partial charge in [0.05, 0.1) is 19.0 Å². The summed E-state index contributed by atoms with van der Waals surface area (Å²) in [7, 11) is 1.74. The number of pyridine rings is 1. The summed E-state index contributed by atoms with van der Waals surface area (Å²) in [4.78, 5) is 9.53. The van der Waals surface area contributed by atoms with Gasteiger partial charge in [0.1, 0.15) is 5.75 Å². The minimum Gasteiger partial charge on any atom is -0.497 e. The van der Waals surface area contributed by atoms with Crippen molar-refractivity contribution in [3.63, 3.8) is 0 Å². The van der Waals surface area contributed by atoms with Crippen LogP contribution in [0.25, 0.3) is 5.69 Å². The summed E-state index contributed by atoms with van der Waals surface area (Å²) in [6.07, 6.45) is 9.61. The molecule has 1 atom stereocenters. The van der Waals surface area contributed by atoms with Gasteiger partial charge in [0.2, 0.25) is 0 Å². The minimum absolute atomic E-state index is 0.732. The van der Waals surface area contributed by atoms with E-state index >= 15 is 0 Å². The Morgan fingerprint density at radius 2 is 2.09 bits per heavy atom. The van der Waals surface area contributed by atoms with Crippen molar-refractivity contribution >= 4 is 0 Å². The Hall–Kier alpha value is -2.63. The van der Waals surface area contributed by atoms with Crippen LogP contribution in [0.1, 0.15) is 31.0 Å². The number of piperidine rings is 1. The van der Waals surface area contributed by atoms with Crippen LogP contribution in [0.15, 0.2) is 67.1 Å². The molecular formula is C27H36N4O. The lowest BCUT2D eigenvalue weighted by molar-refractivity contribution is 0.132. The summed E-state index contributed by atoms with van der Waals surface area (Å²) in [5.74, 6) is 1.68. The zero-order valence-electron chi connectivity index (χ0n) is 19.5. The molecule has 4 rings (SSSR count). The van der Waals surface area contributed by atoms with Gasteiger partial charge in [-0.1, -0.05) is 19.1 Å². The van der Waals surface area contributed by atoms with E-state index in [0.29, 0.717) is 0 Å². The van der Waals surface area contributed by atoms with Crippen LogP contribution in [0.4, 0.5) is 0 Å². The van der Waals surface area contributed by atoms with Crippen LogP contribution in [0.3, 0.4) is 0 Å². The molecule has 2 aromatic heterocycles. The molecule has 0 amide bonds. The largest absolute Gasteiger partial charge is 0.497 e. The van der Waals surface area contributed by atoms with Crippen molar-refractivity contribution in [2.24, 2.45) is 5.92 Å². The average molecular weight is 433 g/mol. The summed E-state index contributed by atoms with van der Waals surface area (Å²) < 4.78 is 7.64. The third kappa shape index (κ3) is 5.99. The standard InChI is InChI=1S/C27H36N4O/c1-3-29(22-26-11-7-16-31(26)25-10-5-14-28-19-25)20-24-9-6-15-30(21-24)17-13-23-8-4-12-27(18-23)32-2/h4-5,7-8,10-12,14,16,18-19,24H,3,6,9,13,15,17,20-22H2,1-2H3/t24-/m0/s1. The molecule has 3 aromatic rings. The summed E-state index contributed by atoms with van der Waals surface area (Å²) in [6.45, 7) is 9.02. The van der Waals surface area contributed by atoms with Crippen LogP contribution in [0, 0.1) is 5.92 Å². The molecule has 3 heterocycles. The fourth-order valence-corrected chi connectivity index (χ4v) is 4.81. The number of benzene rings is 1.